The summed E-state index contributed by atoms with van der Waals surface area (Å²) in [4.78, 5) is 2.79. The Morgan fingerprint density at radius 1 is 1.23 bits per heavy atom. The van der Waals surface area contributed by atoms with E-state index in [0.717, 1.165) is 31.6 Å². The van der Waals surface area contributed by atoms with Crippen LogP contribution in [-0.2, 0) is 11.2 Å². The molecule has 0 radical (unpaired) electrons. The minimum Gasteiger partial charge on any atom is -0.508 e. The fourth-order valence-corrected chi connectivity index (χ4v) is 9.08. The number of aromatic hydroxyl groups is 1. The molecule has 1 aromatic carbocycles. The monoisotopic (exact) mass is 425 g/mol. The van der Waals surface area contributed by atoms with Crippen LogP contribution < -0.4 is 0 Å². The smallest absolute Gasteiger partial charge is 0.151 e. The number of epoxide rings is 1. The van der Waals surface area contributed by atoms with Gasteiger partial charge in [-0.05, 0) is 97.8 Å². The largest absolute Gasteiger partial charge is 0.508 e. The Bertz CT molecular complexity index is 887. The molecule has 0 amide bonds. The Balaban J connectivity index is 1.27. The summed E-state index contributed by atoms with van der Waals surface area (Å²) in [5.41, 5.74) is 2.81. The summed E-state index contributed by atoms with van der Waals surface area (Å²) in [7, 11) is 0. The van der Waals surface area contributed by atoms with Crippen molar-refractivity contribution in [1.82, 2.24) is 4.90 Å². The highest BCUT2D eigenvalue weighted by Crippen LogP contribution is 2.71. The summed E-state index contributed by atoms with van der Waals surface area (Å²) >= 11 is 0. The van der Waals surface area contributed by atoms with Crippen LogP contribution in [0.2, 0.25) is 0 Å². The zero-order valence-electron chi connectivity index (χ0n) is 19.6. The number of aliphatic hydroxyl groups excluding tert-OH is 1. The minimum absolute atomic E-state index is 0.0417. The molecule has 1 aromatic rings. The normalized spacial score (nSPS) is 50.5. The molecule has 0 aromatic heterocycles. The zero-order chi connectivity index (χ0) is 21.7. The summed E-state index contributed by atoms with van der Waals surface area (Å²) < 4.78 is 6.46. The molecule has 2 saturated carbocycles. The lowest BCUT2D eigenvalue weighted by Crippen LogP contribution is -2.49. The molecule has 5 aliphatic rings. The van der Waals surface area contributed by atoms with E-state index in [1.165, 1.54) is 30.5 Å². The number of hydrogen-bond donors (Lipinski definition) is 2. The van der Waals surface area contributed by atoms with Crippen molar-refractivity contribution in [1.29, 1.82) is 0 Å². The van der Waals surface area contributed by atoms with E-state index in [-0.39, 0.29) is 11.8 Å². The molecule has 2 N–H and O–H groups in total. The van der Waals surface area contributed by atoms with Gasteiger partial charge in [0.15, 0.2) is 5.72 Å². The number of aryl methyl sites for hydroxylation is 2. The third-order valence-electron chi connectivity index (χ3n) is 10.5. The summed E-state index contributed by atoms with van der Waals surface area (Å²) in [6.45, 7) is 10.7. The standard InChI is InChI=1S/C27H39NO3/c1-15-11-24-27(31-24)17(3)25-22(28(27)14-15)13-21-20(23(30)9-10-26(21,25)4)8-6-18-12-19(29)7-5-16(18)2/h5,7,12,15,17,20-25,29-30H,6,8-11,13-14H2,1-4H3/t15-,17-,20-,21-,22-,23-,24+,25-,26-,27+/m0/s1. The van der Waals surface area contributed by atoms with Crippen molar-refractivity contribution < 1.29 is 14.9 Å². The van der Waals surface area contributed by atoms with E-state index < -0.39 is 0 Å². The Hall–Kier alpha value is -1.10. The predicted molar refractivity (Wildman–Crippen MR) is 121 cm³/mol. The molecular weight excluding hydrogens is 386 g/mol. The molecule has 3 saturated heterocycles. The maximum atomic E-state index is 11.1. The molecule has 2 aliphatic carbocycles. The minimum atomic E-state index is -0.191. The van der Waals surface area contributed by atoms with Gasteiger partial charge in [-0.25, -0.2) is 0 Å². The van der Waals surface area contributed by atoms with Crippen molar-refractivity contribution in [3.63, 3.8) is 0 Å². The molecule has 10 atom stereocenters. The second kappa shape index (κ2) is 6.71. The van der Waals surface area contributed by atoms with Crippen LogP contribution >= 0.6 is 0 Å². The second-order valence-corrected chi connectivity index (χ2v) is 12.0. The Labute approximate surface area is 187 Å². The van der Waals surface area contributed by atoms with E-state index in [1.807, 2.05) is 12.1 Å². The molecule has 6 rings (SSSR count). The van der Waals surface area contributed by atoms with Crippen LogP contribution in [-0.4, -0.2) is 45.6 Å². The maximum absolute atomic E-state index is 11.1. The fraction of sp³-hybridized carbons (Fsp3) is 0.778. The van der Waals surface area contributed by atoms with Gasteiger partial charge in [0.2, 0.25) is 0 Å². The highest BCUT2D eigenvalue weighted by molar-refractivity contribution is 5.34. The van der Waals surface area contributed by atoms with E-state index in [0.29, 0.717) is 47.0 Å². The van der Waals surface area contributed by atoms with Gasteiger partial charge >= 0.3 is 0 Å². The lowest BCUT2D eigenvalue weighted by Gasteiger charge is -2.48. The summed E-state index contributed by atoms with van der Waals surface area (Å²) in [6.07, 6.45) is 6.75. The molecule has 1 spiro atoms. The number of phenols is 1. The number of nitrogens with zero attached hydrogens (tertiary/aromatic N) is 1. The van der Waals surface area contributed by atoms with E-state index in [1.54, 1.807) is 6.07 Å². The number of rotatable bonds is 3. The Morgan fingerprint density at radius 3 is 2.84 bits per heavy atom. The van der Waals surface area contributed by atoms with Gasteiger partial charge in [0.1, 0.15) is 11.9 Å². The quantitative estimate of drug-likeness (QED) is 0.700. The summed E-state index contributed by atoms with van der Waals surface area (Å²) in [5, 5.41) is 21.1. The first-order valence-corrected chi connectivity index (χ1v) is 12.7. The SMILES string of the molecule is Cc1ccc(O)cc1CC[C@@H]1[C@@H](O)CC[C@]2(C)[C@@H]3[C@H](C[C@@H]12)N1C[C@@H](C)C[C@H]2O[C@]21[C@H]3C. The van der Waals surface area contributed by atoms with Crippen LogP contribution in [0.15, 0.2) is 18.2 Å². The molecule has 31 heavy (non-hydrogen) atoms. The number of fused-ring (bicyclic) bond motifs is 4. The third-order valence-corrected chi connectivity index (χ3v) is 10.5. The number of benzene rings is 1. The molecule has 3 aliphatic heterocycles. The van der Waals surface area contributed by atoms with Crippen LogP contribution in [0.4, 0.5) is 0 Å². The van der Waals surface area contributed by atoms with Crippen molar-refractivity contribution >= 4 is 0 Å². The summed E-state index contributed by atoms with van der Waals surface area (Å²) in [6, 6.07) is 6.32. The number of piperidine rings is 1. The van der Waals surface area contributed by atoms with Crippen LogP contribution in [0.25, 0.3) is 0 Å². The first-order valence-electron chi connectivity index (χ1n) is 12.7. The number of hydrogen-bond acceptors (Lipinski definition) is 4. The molecule has 3 heterocycles. The number of phenolic OH excluding ortho intramolecular Hbond substituents is 1. The van der Waals surface area contributed by atoms with E-state index in [2.05, 4.69) is 32.6 Å². The Kier molecular flexibility index (Phi) is 4.44. The van der Waals surface area contributed by atoms with Gasteiger partial charge in [0.05, 0.1) is 6.10 Å². The summed E-state index contributed by atoms with van der Waals surface area (Å²) in [5.74, 6) is 3.28. The van der Waals surface area contributed by atoms with Gasteiger partial charge in [-0.15, -0.1) is 0 Å². The molecular formula is C27H39NO3. The van der Waals surface area contributed by atoms with Crippen LogP contribution in [0.5, 0.6) is 5.75 Å². The highest BCUT2D eigenvalue weighted by Gasteiger charge is 2.77. The van der Waals surface area contributed by atoms with Crippen LogP contribution in [0.3, 0.4) is 0 Å². The average Bonchev–Trinajstić information content (AvgIpc) is 3.31. The van der Waals surface area contributed by atoms with Gasteiger partial charge in [0, 0.05) is 18.5 Å². The second-order valence-electron chi connectivity index (χ2n) is 12.0. The first kappa shape index (κ1) is 20.5. The van der Waals surface area contributed by atoms with Crippen molar-refractivity contribution in [3.05, 3.63) is 29.3 Å². The van der Waals surface area contributed by atoms with Crippen molar-refractivity contribution in [3.8, 4) is 5.75 Å². The highest BCUT2D eigenvalue weighted by atomic mass is 16.6. The fourth-order valence-electron chi connectivity index (χ4n) is 9.08. The first-order chi connectivity index (χ1) is 14.8. The van der Waals surface area contributed by atoms with E-state index in [4.69, 9.17) is 4.74 Å². The van der Waals surface area contributed by atoms with Gasteiger partial charge in [-0.2, -0.15) is 0 Å². The predicted octanol–water partition coefficient (Wildman–Crippen LogP) is 4.50. The molecule has 4 heteroatoms. The van der Waals surface area contributed by atoms with Gasteiger partial charge in [-0.1, -0.05) is 26.8 Å². The average molecular weight is 426 g/mol. The Morgan fingerprint density at radius 2 is 2.03 bits per heavy atom. The van der Waals surface area contributed by atoms with Crippen molar-refractivity contribution in [2.45, 2.75) is 90.2 Å². The lowest BCUT2D eigenvalue weighted by atomic mass is 9.57. The van der Waals surface area contributed by atoms with Crippen molar-refractivity contribution in [2.24, 2.45) is 35.0 Å². The van der Waals surface area contributed by atoms with Gasteiger partial charge < -0.3 is 14.9 Å². The van der Waals surface area contributed by atoms with Gasteiger partial charge in [0.25, 0.3) is 0 Å². The maximum Gasteiger partial charge on any atom is 0.151 e. The van der Waals surface area contributed by atoms with Gasteiger partial charge in [-0.3, -0.25) is 4.90 Å². The lowest BCUT2D eigenvalue weighted by molar-refractivity contribution is -0.0583. The van der Waals surface area contributed by atoms with E-state index in [9.17, 15) is 10.2 Å². The topological polar surface area (TPSA) is 56.2 Å². The molecule has 170 valence electrons. The molecule has 0 unspecified atom stereocenters. The molecule has 4 nitrogen and oxygen atoms in total. The van der Waals surface area contributed by atoms with E-state index >= 15 is 0 Å². The van der Waals surface area contributed by atoms with Crippen LogP contribution in [0.1, 0.15) is 64.0 Å². The molecule has 0 bridgehead atoms. The number of aliphatic hydroxyl groups is 1. The van der Waals surface area contributed by atoms with Crippen LogP contribution in [0, 0.1) is 41.9 Å². The third kappa shape index (κ3) is 2.71. The van der Waals surface area contributed by atoms with Crippen molar-refractivity contribution in [2.75, 3.05) is 6.54 Å². The zero-order valence-corrected chi connectivity index (χ0v) is 19.6. The number of ether oxygens (including phenoxy) is 1. The molecule has 5 fully saturated rings.